The predicted molar refractivity (Wildman–Crippen MR) is 155 cm³/mol. The number of aliphatic hydroxyl groups excluding tert-OH is 3. The van der Waals surface area contributed by atoms with Gasteiger partial charge in [0.1, 0.15) is 21.4 Å². The molecule has 0 aliphatic heterocycles. The van der Waals surface area contributed by atoms with Crippen molar-refractivity contribution in [3.63, 3.8) is 0 Å². The number of halogens is 1. The Bertz CT molecular complexity index is 1570. The number of hydrogen-bond donors (Lipinski definition) is 4. The molecule has 3 heterocycles. The zero-order valence-corrected chi connectivity index (χ0v) is 24.8. The highest BCUT2D eigenvalue weighted by atomic mass is 32.1. The van der Waals surface area contributed by atoms with Crippen LogP contribution in [0.4, 0.5) is 4.39 Å². The Labute approximate surface area is 244 Å². The van der Waals surface area contributed by atoms with Gasteiger partial charge in [-0.2, -0.15) is 10.2 Å². The molecule has 4 N–H and O–H groups in total. The number of hydrogen-bond acceptors (Lipinski definition) is 10. The summed E-state index contributed by atoms with van der Waals surface area (Å²) in [7, 11) is 1.52. The first-order valence-electron chi connectivity index (χ1n) is 12.8. The van der Waals surface area contributed by atoms with Gasteiger partial charge in [0, 0.05) is 24.3 Å². The van der Waals surface area contributed by atoms with Gasteiger partial charge < -0.3 is 25.2 Å². The summed E-state index contributed by atoms with van der Waals surface area (Å²) in [6, 6.07) is 4.30. The number of fused-ring (bicyclic) bond motifs is 1. The number of methoxy groups -OCH3 is 1. The zero-order valence-electron chi connectivity index (χ0n) is 24.0. The minimum absolute atomic E-state index is 0.0677. The molecule has 0 saturated heterocycles. The van der Waals surface area contributed by atoms with Gasteiger partial charge in [0.25, 0.3) is 12.0 Å². The summed E-state index contributed by atoms with van der Waals surface area (Å²) >= 11 is 1.29. The van der Waals surface area contributed by atoms with Crippen LogP contribution in [0.15, 0.2) is 40.2 Å². The lowest BCUT2D eigenvalue weighted by atomic mass is 10.1. The fourth-order valence-corrected chi connectivity index (χ4v) is 5.29. The van der Waals surface area contributed by atoms with Crippen molar-refractivity contribution in [1.29, 1.82) is 0 Å². The second-order valence-corrected chi connectivity index (χ2v) is 10.9. The van der Waals surface area contributed by atoms with Crippen LogP contribution in [0.3, 0.4) is 0 Å². The normalized spacial score (nSPS) is 11.7. The van der Waals surface area contributed by atoms with E-state index >= 15 is 0 Å². The second-order valence-electron chi connectivity index (χ2n) is 9.94. The molecular formula is C27H36FN5O8S. The number of carboxylic acid groups (broad SMARTS) is 1. The number of thiophene rings is 1. The van der Waals surface area contributed by atoms with E-state index in [0.29, 0.717) is 38.5 Å². The van der Waals surface area contributed by atoms with Crippen molar-refractivity contribution in [2.75, 3.05) is 20.3 Å². The Morgan fingerprint density at radius 2 is 1.79 bits per heavy atom. The summed E-state index contributed by atoms with van der Waals surface area (Å²) < 4.78 is 22.0. The van der Waals surface area contributed by atoms with Gasteiger partial charge in [0.2, 0.25) is 0 Å². The van der Waals surface area contributed by atoms with Crippen molar-refractivity contribution in [3.8, 4) is 10.8 Å². The molecule has 42 heavy (non-hydrogen) atoms. The van der Waals surface area contributed by atoms with Crippen LogP contribution in [0.5, 0.6) is 5.75 Å². The van der Waals surface area contributed by atoms with E-state index in [1.54, 1.807) is 23.0 Å². The molecule has 0 bridgehead atoms. The van der Waals surface area contributed by atoms with Crippen LogP contribution in [0.2, 0.25) is 0 Å². The highest BCUT2D eigenvalue weighted by molar-refractivity contribution is 7.21. The minimum Gasteiger partial charge on any atom is -0.496 e. The average Bonchev–Trinajstić information content (AvgIpc) is 3.57. The minimum atomic E-state index is -0.745. The van der Waals surface area contributed by atoms with Crippen LogP contribution in [0, 0.1) is 12.7 Å². The van der Waals surface area contributed by atoms with Gasteiger partial charge in [-0.3, -0.25) is 18.7 Å². The number of aliphatic hydroxyl groups is 3. The van der Waals surface area contributed by atoms with E-state index in [9.17, 15) is 14.0 Å². The summed E-state index contributed by atoms with van der Waals surface area (Å²) in [4.78, 5) is 37.3. The largest absolute Gasteiger partial charge is 0.496 e. The highest BCUT2D eigenvalue weighted by Gasteiger charge is 2.26. The number of nitrogens with zero attached hydrogens (tertiary/aromatic N) is 5. The van der Waals surface area contributed by atoms with Crippen LogP contribution in [0.25, 0.3) is 15.2 Å². The van der Waals surface area contributed by atoms with Crippen molar-refractivity contribution in [2.45, 2.75) is 58.7 Å². The van der Waals surface area contributed by atoms with E-state index in [4.69, 9.17) is 30.0 Å². The van der Waals surface area contributed by atoms with Crippen molar-refractivity contribution >= 4 is 28.0 Å². The summed E-state index contributed by atoms with van der Waals surface area (Å²) in [6.07, 6.45) is 2.98. The molecule has 0 spiro atoms. The van der Waals surface area contributed by atoms with Gasteiger partial charge in [0.05, 0.1) is 37.6 Å². The number of benzene rings is 1. The molecule has 0 aliphatic carbocycles. The number of aryl methyl sites for hydroxylation is 3. The predicted octanol–water partition coefficient (Wildman–Crippen LogP) is 1.68. The Morgan fingerprint density at radius 1 is 1.17 bits per heavy atom. The Hall–Kier alpha value is -3.92. The third kappa shape index (κ3) is 8.09. The molecule has 4 rings (SSSR count). The van der Waals surface area contributed by atoms with E-state index in [-0.39, 0.29) is 44.0 Å². The van der Waals surface area contributed by atoms with E-state index < -0.39 is 17.3 Å². The molecule has 4 aromatic rings. The molecule has 15 heteroatoms. The lowest BCUT2D eigenvalue weighted by Crippen LogP contribution is -2.47. The average molecular weight is 610 g/mol. The number of aromatic nitrogens is 5. The van der Waals surface area contributed by atoms with E-state index in [2.05, 4.69) is 10.2 Å². The van der Waals surface area contributed by atoms with Gasteiger partial charge >= 0.3 is 5.69 Å². The molecule has 0 saturated carbocycles. The topological polar surface area (TPSA) is 182 Å². The molecule has 0 fully saturated rings. The Kier molecular flexibility index (Phi) is 12.5. The lowest BCUT2D eigenvalue weighted by Gasteiger charge is -2.23. The van der Waals surface area contributed by atoms with Gasteiger partial charge in [0.15, 0.2) is 0 Å². The number of ether oxygens (including phenoxy) is 1. The quantitative estimate of drug-likeness (QED) is 0.215. The van der Waals surface area contributed by atoms with Crippen molar-refractivity contribution in [1.82, 2.24) is 24.1 Å². The number of rotatable bonds is 8. The molecule has 13 nitrogen and oxygen atoms in total. The molecule has 1 unspecified atom stereocenters. The molecule has 3 aromatic heterocycles. The fourth-order valence-electron chi connectivity index (χ4n) is 4.05. The Morgan fingerprint density at radius 3 is 2.29 bits per heavy atom. The first-order valence-corrected chi connectivity index (χ1v) is 13.6. The van der Waals surface area contributed by atoms with Crippen LogP contribution < -0.4 is 16.0 Å². The van der Waals surface area contributed by atoms with E-state index in [1.165, 1.54) is 39.9 Å². The maximum absolute atomic E-state index is 13.8. The summed E-state index contributed by atoms with van der Waals surface area (Å²) in [5, 5.41) is 41.0. The van der Waals surface area contributed by atoms with Crippen molar-refractivity contribution < 1.29 is 34.3 Å². The van der Waals surface area contributed by atoms with Gasteiger partial charge in [-0.15, -0.1) is 4.80 Å². The van der Waals surface area contributed by atoms with Crippen LogP contribution >= 0.6 is 11.3 Å². The molecule has 0 radical (unpaired) electrons. The van der Waals surface area contributed by atoms with E-state index in [1.807, 2.05) is 27.7 Å². The third-order valence-electron chi connectivity index (χ3n) is 5.98. The smallest absolute Gasteiger partial charge is 0.332 e. The molecule has 0 aliphatic rings. The number of carbonyl (C=O) groups is 1. The van der Waals surface area contributed by atoms with Gasteiger partial charge in [-0.25, -0.2) is 9.18 Å². The zero-order chi connectivity index (χ0) is 31.6. The summed E-state index contributed by atoms with van der Waals surface area (Å²) in [5.74, 6) is 0.167. The fraction of sp³-hybridized carbons (Fsp3) is 0.444. The molecule has 0 amide bonds. The molecular weight excluding hydrogens is 573 g/mol. The van der Waals surface area contributed by atoms with Gasteiger partial charge in [-0.05, 0) is 64.3 Å². The van der Waals surface area contributed by atoms with Crippen LogP contribution in [0.1, 0.15) is 38.3 Å². The second kappa shape index (κ2) is 15.3. The summed E-state index contributed by atoms with van der Waals surface area (Å²) in [6.45, 7) is 6.95. The Balaban J connectivity index is 0.000000534. The van der Waals surface area contributed by atoms with Crippen LogP contribution in [-0.4, -0.2) is 77.5 Å². The first kappa shape index (κ1) is 34.3. The molecule has 230 valence electrons. The SMILES string of the molecule is COc1ccc(F)cc1CCn1c(=O)n(C(C)(C)C)c(=O)c2c(C)c(-n3nccn3)sc21.O=CO.OCCC(O)CO. The van der Waals surface area contributed by atoms with Crippen molar-refractivity contribution in [3.05, 3.63) is 68.4 Å². The lowest BCUT2D eigenvalue weighted by molar-refractivity contribution is -0.122. The highest BCUT2D eigenvalue weighted by Crippen LogP contribution is 2.31. The van der Waals surface area contributed by atoms with Gasteiger partial charge in [-0.1, -0.05) is 11.3 Å². The van der Waals surface area contributed by atoms with E-state index in [0.717, 1.165) is 0 Å². The maximum atomic E-state index is 13.8. The molecule has 1 atom stereocenters. The maximum Gasteiger partial charge on any atom is 0.332 e. The first-order chi connectivity index (χ1) is 19.9. The third-order valence-corrected chi connectivity index (χ3v) is 7.26. The standard InChI is InChI=1S/C22H24FN5O3S.C4H10O3.CH2O2/c1-13-17-18(29)27(22(2,3)4)21(30)26(20(17)32-19(13)28-24-9-10-25-28)11-8-14-12-15(23)6-7-16(14)31-5;5-2-1-4(7)3-6;2-1-3/h6-7,9-10,12H,8,11H2,1-5H3;4-7H,1-3H2;1H,(H,2,3). The van der Waals surface area contributed by atoms with Crippen LogP contribution in [-0.2, 0) is 23.3 Å². The molecule has 1 aromatic carbocycles. The van der Waals surface area contributed by atoms with Crippen molar-refractivity contribution in [2.24, 2.45) is 0 Å². The monoisotopic (exact) mass is 609 g/mol. The summed E-state index contributed by atoms with van der Waals surface area (Å²) in [5.41, 5.74) is -0.125.